The molecule has 31 heavy (non-hydrogen) atoms. The molecule has 1 aliphatic carbocycles. The lowest BCUT2D eigenvalue weighted by Gasteiger charge is -2.46. The third-order valence-corrected chi connectivity index (χ3v) is 6.59. The van der Waals surface area contributed by atoms with Gasteiger partial charge in [-0.2, -0.15) is 8.42 Å². The van der Waals surface area contributed by atoms with E-state index in [1.807, 2.05) is 26.8 Å². The molecule has 0 amide bonds. The first kappa shape index (κ1) is 26.6. The highest BCUT2D eigenvalue weighted by atomic mass is 32.3. The number of rotatable bonds is 7. The summed E-state index contributed by atoms with van der Waals surface area (Å²) in [4.78, 5) is 0. The first-order valence-electron chi connectivity index (χ1n) is 10.2. The Hall–Kier alpha value is -0.670. The van der Waals surface area contributed by atoms with Crippen molar-refractivity contribution in [2.45, 2.75) is 83.1 Å². The van der Waals surface area contributed by atoms with Crippen LogP contribution in [0, 0.1) is 17.3 Å². The Bertz CT molecular complexity index is 722. The molecule has 1 saturated carbocycles. The van der Waals surface area contributed by atoms with Crippen LogP contribution in [0.5, 0.6) is 0 Å². The van der Waals surface area contributed by atoms with Gasteiger partial charge >= 0.3 is 10.4 Å². The third-order valence-electron chi connectivity index (χ3n) is 6.13. The maximum atomic E-state index is 11.0. The molecule has 0 spiro atoms. The molecule has 182 valence electrons. The Balaban J connectivity index is 2.07. The van der Waals surface area contributed by atoms with Crippen LogP contribution in [0.25, 0.3) is 0 Å². The molecule has 0 aromatic heterocycles. The summed E-state index contributed by atoms with van der Waals surface area (Å²) in [7, 11) is -4.96. The molecule has 2 fully saturated rings. The summed E-state index contributed by atoms with van der Waals surface area (Å²) in [6.07, 6.45) is -6.34. The summed E-state index contributed by atoms with van der Waals surface area (Å²) in [5.41, 5.74) is -0.284. The van der Waals surface area contributed by atoms with Gasteiger partial charge in [0.1, 0.15) is 24.4 Å². The zero-order valence-corrected chi connectivity index (χ0v) is 18.8. The lowest BCUT2D eigenvalue weighted by atomic mass is 9.62. The van der Waals surface area contributed by atoms with Gasteiger partial charge in [-0.1, -0.05) is 32.9 Å². The van der Waals surface area contributed by atoms with Crippen LogP contribution in [0.4, 0.5) is 0 Å². The molecular weight excluding hydrogens is 436 g/mol. The minimum absolute atomic E-state index is 0.0718. The van der Waals surface area contributed by atoms with E-state index in [1.54, 1.807) is 13.0 Å². The summed E-state index contributed by atoms with van der Waals surface area (Å²) >= 11 is 0. The van der Waals surface area contributed by atoms with E-state index in [0.29, 0.717) is 6.42 Å². The van der Waals surface area contributed by atoms with E-state index in [1.165, 1.54) is 0 Å². The van der Waals surface area contributed by atoms with Gasteiger partial charge in [0.25, 0.3) is 0 Å². The van der Waals surface area contributed by atoms with Crippen molar-refractivity contribution in [1.82, 2.24) is 0 Å². The minimum atomic E-state index is -4.96. The van der Waals surface area contributed by atoms with Crippen LogP contribution in [0.2, 0.25) is 0 Å². The van der Waals surface area contributed by atoms with E-state index in [0.717, 1.165) is 0 Å². The summed E-state index contributed by atoms with van der Waals surface area (Å²) in [5, 5.41) is 50.1. The average molecular weight is 471 g/mol. The van der Waals surface area contributed by atoms with Gasteiger partial charge in [0, 0.05) is 0 Å². The zero-order valence-electron chi connectivity index (χ0n) is 18.0. The van der Waals surface area contributed by atoms with Crippen LogP contribution in [-0.4, -0.2) is 94.1 Å². The number of hydrogen-bond donors (Lipinski definition) is 6. The smallest absolute Gasteiger partial charge is 0.394 e. The third kappa shape index (κ3) is 6.44. The van der Waals surface area contributed by atoms with Crippen molar-refractivity contribution in [3.63, 3.8) is 0 Å². The van der Waals surface area contributed by atoms with Crippen molar-refractivity contribution in [3.8, 4) is 0 Å². The van der Waals surface area contributed by atoms with Gasteiger partial charge in [0.15, 0.2) is 6.29 Å². The van der Waals surface area contributed by atoms with Gasteiger partial charge in [-0.25, -0.2) is 4.18 Å². The van der Waals surface area contributed by atoms with Gasteiger partial charge < -0.3 is 35.0 Å². The number of hydrogen-bond acceptors (Lipinski definition) is 10. The fourth-order valence-electron chi connectivity index (χ4n) is 4.46. The van der Waals surface area contributed by atoms with Gasteiger partial charge in [0.05, 0.1) is 24.9 Å². The van der Waals surface area contributed by atoms with Crippen LogP contribution in [0.1, 0.15) is 34.1 Å². The van der Waals surface area contributed by atoms with Crippen LogP contribution in [-0.2, 0) is 24.1 Å². The standard InChI is InChI=1S/C19H34O11S/c1-9(5-6-11-10(2)14(22)12(21)7-19(11,3)4)28-18-16(24)15(23)17(13(8-20)29-18)30-31(25,26)27/h5-6,9-18,20-24H,7-8H2,1-4H3,(H,25,26,27)/t9-,10-,11+,12-,13+,14-,15+,16+,17+,18+/m0/s1. The van der Waals surface area contributed by atoms with Crippen molar-refractivity contribution in [2.75, 3.05) is 6.61 Å². The fourth-order valence-corrected chi connectivity index (χ4v) is 4.98. The minimum Gasteiger partial charge on any atom is -0.394 e. The van der Waals surface area contributed by atoms with E-state index in [9.17, 15) is 34.0 Å². The number of allylic oxidation sites excluding steroid dienone is 1. The van der Waals surface area contributed by atoms with E-state index < -0.39 is 66.0 Å². The molecule has 0 bridgehead atoms. The van der Waals surface area contributed by atoms with E-state index in [2.05, 4.69) is 4.18 Å². The normalized spacial score (nSPS) is 42.6. The monoisotopic (exact) mass is 470 g/mol. The molecule has 0 radical (unpaired) electrons. The van der Waals surface area contributed by atoms with E-state index >= 15 is 0 Å². The summed E-state index contributed by atoms with van der Waals surface area (Å²) in [6.45, 7) is 6.72. The predicted molar refractivity (Wildman–Crippen MR) is 107 cm³/mol. The molecule has 0 unspecified atom stereocenters. The van der Waals surface area contributed by atoms with Crippen molar-refractivity contribution in [3.05, 3.63) is 12.2 Å². The quantitative estimate of drug-likeness (QED) is 0.198. The second-order valence-electron chi connectivity index (χ2n) is 9.06. The molecule has 1 aliphatic heterocycles. The van der Waals surface area contributed by atoms with E-state index in [4.69, 9.17) is 14.0 Å². The topological polar surface area (TPSA) is 183 Å². The van der Waals surface area contributed by atoms with Crippen LogP contribution >= 0.6 is 0 Å². The Morgan fingerprint density at radius 1 is 1.16 bits per heavy atom. The first-order chi connectivity index (χ1) is 14.2. The van der Waals surface area contributed by atoms with Crippen LogP contribution in [0.15, 0.2) is 12.2 Å². The first-order valence-corrected chi connectivity index (χ1v) is 11.5. The van der Waals surface area contributed by atoms with Crippen molar-refractivity contribution < 1.29 is 52.2 Å². The lowest BCUT2D eigenvalue weighted by Crippen LogP contribution is -2.60. The van der Waals surface area contributed by atoms with Crippen molar-refractivity contribution in [2.24, 2.45) is 17.3 Å². The molecule has 2 rings (SSSR count). The highest BCUT2D eigenvalue weighted by Gasteiger charge is 2.48. The number of aliphatic hydroxyl groups is 5. The van der Waals surface area contributed by atoms with Gasteiger partial charge in [-0.15, -0.1) is 0 Å². The van der Waals surface area contributed by atoms with Gasteiger partial charge in [-0.3, -0.25) is 4.55 Å². The molecule has 12 heteroatoms. The average Bonchev–Trinajstić information content (AvgIpc) is 2.64. The molecule has 0 aromatic rings. The van der Waals surface area contributed by atoms with Gasteiger partial charge in [0.2, 0.25) is 0 Å². The summed E-state index contributed by atoms with van der Waals surface area (Å²) in [5.74, 6) is -0.282. The Morgan fingerprint density at radius 3 is 2.32 bits per heavy atom. The number of ether oxygens (including phenoxy) is 2. The predicted octanol–water partition coefficient (Wildman–Crippen LogP) is -1.02. The second-order valence-corrected chi connectivity index (χ2v) is 10.1. The Kier molecular flexibility index (Phi) is 8.64. The van der Waals surface area contributed by atoms with Gasteiger partial charge in [-0.05, 0) is 30.6 Å². The largest absolute Gasteiger partial charge is 0.397 e. The van der Waals surface area contributed by atoms with Crippen molar-refractivity contribution >= 4 is 10.4 Å². The van der Waals surface area contributed by atoms with Crippen LogP contribution in [0.3, 0.4) is 0 Å². The molecule has 10 atom stereocenters. The second kappa shape index (κ2) is 10.1. The molecular formula is C19H34O11S. The molecule has 1 saturated heterocycles. The maximum absolute atomic E-state index is 11.0. The number of aliphatic hydroxyl groups excluding tert-OH is 5. The maximum Gasteiger partial charge on any atom is 0.397 e. The summed E-state index contributed by atoms with van der Waals surface area (Å²) in [6, 6.07) is 0. The van der Waals surface area contributed by atoms with E-state index in [-0.39, 0.29) is 17.3 Å². The Labute approximate surface area is 182 Å². The van der Waals surface area contributed by atoms with Crippen LogP contribution < -0.4 is 0 Å². The molecule has 6 N–H and O–H groups in total. The molecule has 0 aromatic carbocycles. The highest BCUT2D eigenvalue weighted by molar-refractivity contribution is 7.80. The van der Waals surface area contributed by atoms with Crippen molar-refractivity contribution in [1.29, 1.82) is 0 Å². The molecule has 11 nitrogen and oxygen atoms in total. The zero-order chi connectivity index (χ0) is 23.7. The SMILES string of the molecule is C[C@@H]1[C@H](O)[C@@H](O)CC(C)(C)[C@@H]1C=C[C@H](C)O[C@@H]1O[C@H](CO)[C@@H](OS(=O)(=O)O)[C@H](O)[C@H]1O. The fraction of sp³-hybridized carbons (Fsp3) is 0.895. The lowest BCUT2D eigenvalue weighted by molar-refractivity contribution is -0.302. The molecule has 2 aliphatic rings. The Morgan fingerprint density at radius 2 is 1.77 bits per heavy atom. The summed E-state index contributed by atoms with van der Waals surface area (Å²) < 4.78 is 46.0. The molecule has 1 heterocycles. The highest BCUT2D eigenvalue weighted by Crippen LogP contribution is 2.45.